The van der Waals surface area contributed by atoms with E-state index in [1.807, 2.05) is 0 Å². The average molecular weight is 223 g/mol. The van der Waals surface area contributed by atoms with Crippen LogP contribution in [0.3, 0.4) is 0 Å². The minimum atomic E-state index is 0.444. The molecule has 1 aromatic carbocycles. The van der Waals surface area contributed by atoms with E-state index in [1.165, 1.54) is 0 Å². The fraction of sp³-hybridized carbons (Fsp3) is 0.125. The first kappa shape index (κ1) is 9.85. The Balaban J connectivity index is 3.10. The van der Waals surface area contributed by atoms with E-state index in [9.17, 15) is 0 Å². The van der Waals surface area contributed by atoms with Crippen molar-refractivity contribution in [1.82, 2.24) is 0 Å². The molecule has 0 bridgehead atoms. The predicted molar refractivity (Wildman–Crippen MR) is 55.1 cm³/mol. The number of hydrogen-bond donors (Lipinski definition) is 0. The highest BCUT2D eigenvalue weighted by molar-refractivity contribution is 6.65. The van der Waals surface area contributed by atoms with Gasteiger partial charge in [0.15, 0.2) is 0 Å². The molecule has 0 spiro atoms. The monoisotopic (exact) mass is 221 g/mol. The van der Waals surface area contributed by atoms with E-state index in [1.54, 1.807) is 25.1 Å². The van der Waals surface area contributed by atoms with Gasteiger partial charge in [0.2, 0.25) is 0 Å². The molecular formula is C8H6Cl3N. The molecular weight excluding hydrogens is 216 g/mol. The van der Waals surface area contributed by atoms with Crippen molar-refractivity contribution >= 4 is 45.7 Å². The molecule has 64 valence electrons. The molecule has 0 N–H and O–H groups in total. The van der Waals surface area contributed by atoms with Gasteiger partial charge in [-0.05, 0) is 25.1 Å². The molecule has 0 unspecified atom stereocenters. The lowest BCUT2D eigenvalue weighted by molar-refractivity contribution is 1.52. The van der Waals surface area contributed by atoms with Crippen molar-refractivity contribution in [3.8, 4) is 0 Å². The maximum absolute atomic E-state index is 5.82. The summed E-state index contributed by atoms with van der Waals surface area (Å²) in [6, 6.07) is 5.06. The fourth-order valence-corrected chi connectivity index (χ4v) is 1.28. The third kappa shape index (κ3) is 2.67. The van der Waals surface area contributed by atoms with Gasteiger partial charge in [-0.25, -0.2) is 4.99 Å². The normalized spacial score (nSPS) is 11.8. The molecule has 12 heavy (non-hydrogen) atoms. The van der Waals surface area contributed by atoms with Crippen LogP contribution in [-0.4, -0.2) is 5.17 Å². The van der Waals surface area contributed by atoms with E-state index in [2.05, 4.69) is 4.99 Å². The Morgan fingerprint density at radius 3 is 2.50 bits per heavy atom. The van der Waals surface area contributed by atoms with Crippen molar-refractivity contribution < 1.29 is 0 Å². The van der Waals surface area contributed by atoms with E-state index in [-0.39, 0.29) is 0 Å². The highest BCUT2D eigenvalue weighted by Crippen LogP contribution is 2.28. The first-order valence-electron chi connectivity index (χ1n) is 3.25. The van der Waals surface area contributed by atoms with Crippen LogP contribution < -0.4 is 0 Å². The third-order valence-electron chi connectivity index (χ3n) is 1.18. The number of aliphatic imine (C=N–C) groups is 1. The zero-order valence-corrected chi connectivity index (χ0v) is 8.58. The Kier molecular flexibility index (Phi) is 3.39. The van der Waals surface area contributed by atoms with Crippen molar-refractivity contribution in [3.63, 3.8) is 0 Å². The molecule has 0 atom stereocenters. The smallest absolute Gasteiger partial charge is 0.103 e. The average Bonchev–Trinajstić information content (AvgIpc) is 1.94. The summed E-state index contributed by atoms with van der Waals surface area (Å²) in [7, 11) is 0. The molecule has 0 aliphatic rings. The molecule has 1 rings (SSSR count). The summed E-state index contributed by atoms with van der Waals surface area (Å²) < 4.78 is 0. The highest BCUT2D eigenvalue weighted by atomic mass is 35.5. The zero-order valence-electron chi connectivity index (χ0n) is 6.31. The van der Waals surface area contributed by atoms with Gasteiger partial charge in [-0.1, -0.05) is 34.8 Å². The molecule has 0 aliphatic carbocycles. The molecule has 0 aliphatic heterocycles. The molecule has 4 heteroatoms. The number of nitrogens with zero attached hydrogens (tertiary/aromatic N) is 1. The quantitative estimate of drug-likeness (QED) is 0.629. The van der Waals surface area contributed by atoms with Gasteiger partial charge >= 0.3 is 0 Å². The fourth-order valence-electron chi connectivity index (χ4n) is 0.738. The molecule has 0 aromatic heterocycles. The van der Waals surface area contributed by atoms with E-state index in [0.717, 1.165) is 0 Å². The maximum Gasteiger partial charge on any atom is 0.103 e. The number of halogens is 3. The van der Waals surface area contributed by atoms with Gasteiger partial charge < -0.3 is 0 Å². The van der Waals surface area contributed by atoms with Crippen molar-refractivity contribution in [2.45, 2.75) is 6.92 Å². The van der Waals surface area contributed by atoms with Crippen LogP contribution in [0.1, 0.15) is 6.92 Å². The highest BCUT2D eigenvalue weighted by Gasteiger charge is 1.98. The molecule has 1 aromatic rings. The minimum Gasteiger partial charge on any atom is -0.240 e. The van der Waals surface area contributed by atoms with Crippen molar-refractivity contribution in [3.05, 3.63) is 28.2 Å². The van der Waals surface area contributed by atoms with Crippen molar-refractivity contribution in [2.24, 2.45) is 4.99 Å². The Hall–Kier alpha value is -0.240. The van der Waals surface area contributed by atoms with Crippen LogP contribution in [0.2, 0.25) is 10.0 Å². The molecule has 0 radical (unpaired) electrons. The summed E-state index contributed by atoms with van der Waals surface area (Å²) >= 11 is 17.1. The largest absolute Gasteiger partial charge is 0.240 e. The van der Waals surface area contributed by atoms with Crippen molar-refractivity contribution in [1.29, 1.82) is 0 Å². The van der Waals surface area contributed by atoms with Gasteiger partial charge in [-0.15, -0.1) is 0 Å². The maximum atomic E-state index is 5.82. The van der Waals surface area contributed by atoms with Gasteiger partial charge in [-0.2, -0.15) is 0 Å². The summed E-state index contributed by atoms with van der Waals surface area (Å²) in [4.78, 5) is 3.99. The molecule has 1 nitrogen and oxygen atoms in total. The molecule has 0 saturated carbocycles. The zero-order chi connectivity index (χ0) is 9.14. The lowest BCUT2D eigenvalue weighted by Gasteiger charge is -1.97. The summed E-state index contributed by atoms with van der Waals surface area (Å²) in [5, 5.41) is 1.54. The first-order valence-corrected chi connectivity index (χ1v) is 4.39. The van der Waals surface area contributed by atoms with Gasteiger partial charge in [0.05, 0.1) is 10.7 Å². The van der Waals surface area contributed by atoms with E-state index in [0.29, 0.717) is 20.9 Å². The second-order valence-corrected chi connectivity index (χ2v) is 3.60. The summed E-state index contributed by atoms with van der Waals surface area (Å²) in [6.07, 6.45) is 0. The Morgan fingerprint density at radius 1 is 1.33 bits per heavy atom. The van der Waals surface area contributed by atoms with Crippen LogP contribution in [0.5, 0.6) is 0 Å². The Bertz CT molecular complexity index is 316. The van der Waals surface area contributed by atoms with Crippen LogP contribution in [0.4, 0.5) is 5.69 Å². The summed E-state index contributed by atoms with van der Waals surface area (Å²) in [5.74, 6) is 0. The topological polar surface area (TPSA) is 12.4 Å². The Labute approximate surface area is 86.0 Å². The SMILES string of the molecule is CC(Cl)=Nc1ccc(Cl)cc1Cl. The molecule has 0 heterocycles. The third-order valence-corrected chi connectivity index (χ3v) is 1.81. The number of rotatable bonds is 1. The van der Waals surface area contributed by atoms with E-state index >= 15 is 0 Å². The molecule has 0 saturated heterocycles. The van der Waals surface area contributed by atoms with Crippen molar-refractivity contribution in [2.75, 3.05) is 0 Å². The van der Waals surface area contributed by atoms with E-state index in [4.69, 9.17) is 34.8 Å². The minimum absolute atomic E-state index is 0.444. The molecule has 0 amide bonds. The Morgan fingerprint density at radius 2 is 2.00 bits per heavy atom. The predicted octanol–water partition coefficient (Wildman–Crippen LogP) is 4.28. The van der Waals surface area contributed by atoms with Gasteiger partial charge in [0, 0.05) is 5.02 Å². The van der Waals surface area contributed by atoms with Gasteiger partial charge in [0.25, 0.3) is 0 Å². The van der Waals surface area contributed by atoms with Gasteiger partial charge in [-0.3, -0.25) is 0 Å². The van der Waals surface area contributed by atoms with Crippen LogP contribution >= 0.6 is 34.8 Å². The number of benzene rings is 1. The number of hydrogen-bond acceptors (Lipinski definition) is 1. The summed E-state index contributed by atoms with van der Waals surface area (Å²) in [5.41, 5.74) is 0.633. The van der Waals surface area contributed by atoms with Crippen LogP contribution in [-0.2, 0) is 0 Å². The van der Waals surface area contributed by atoms with E-state index < -0.39 is 0 Å². The molecule has 0 fully saturated rings. The first-order chi connectivity index (χ1) is 5.59. The lowest BCUT2D eigenvalue weighted by atomic mass is 10.3. The van der Waals surface area contributed by atoms with Crippen LogP contribution in [0.25, 0.3) is 0 Å². The second kappa shape index (κ2) is 4.13. The standard InChI is InChI=1S/C8H6Cl3N/c1-5(9)12-8-3-2-6(10)4-7(8)11/h2-4H,1H3. The van der Waals surface area contributed by atoms with Crippen LogP contribution in [0.15, 0.2) is 23.2 Å². The lowest BCUT2D eigenvalue weighted by Crippen LogP contribution is -1.75. The summed E-state index contributed by atoms with van der Waals surface area (Å²) in [6.45, 7) is 1.69. The van der Waals surface area contributed by atoms with Gasteiger partial charge in [0.1, 0.15) is 5.17 Å². The second-order valence-electron chi connectivity index (χ2n) is 2.20. The van der Waals surface area contributed by atoms with Crippen LogP contribution in [0, 0.1) is 0 Å².